The van der Waals surface area contributed by atoms with E-state index in [4.69, 9.17) is 11.6 Å². The Morgan fingerprint density at radius 1 is 1.18 bits per heavy atom. The number of amides is 1. The maximum atomic E-state index is 13.6. The van der Waals surface area contributed by atoms with Gasteiger partial charge in [0.15, 0.2) is 0 Å². The highest BCUT2D eigenvalue weighted by molar-refractivity contribution is 6.30. The van der Waals surface area contributed by atoms with Crippen molar-refractivity contribution in [2.75, 3.05) is 0 Å². The molecule has 2 aromatic carbocycles. The topological polar surface area (TPSA) is 29.1 Å². The van der Waals surface area contributed by atoms with Crippen LogP contribution in [-0.4, -0.2) is 5.91 Å². The Kier molecular flexibility index (Phi) is 4.44. The van der Waals surface area contributed by atoms with Gasteiger partial charge in [0.05, 0.1) is 12.5 Å². The van der Waals surface area contributed by atoms with Crippen molar-refractivity contribution in [2.24, 2.45) is 5.92 Å². The van der Waals surface area contributed by atoms with Gasteiger partial charge in [0.2, 0.25) is 5.91 Å². The van der Waals surface area contributed by atoms with Crippen LogP contribution in [0, 0.1) is 11.7 Å². The molecule has 4 heteroatoms. The van der Waals surface area contributed by atoms with Crippen LogP contribution in [0.25, 0.3) is 0 Å². The molecule has 2 nitrogen and oxygen atoms in total. The highest BCUT2D eigenvalue weighted by Crippen LogP contribution is 2.41. The SMILES string of the molecule is O=C(Cc1ccccc1F)NC(c1ccc(Cl)cc1)C1CC1. The second-order valence-electron chi connectivity index (χ2n) is 5.70. The third kappa shape index (κ3) is 3.66. The molecule has 1 aliphatic carbocycles. The van der Waals surface area contributed by atoms with Crippen LogP contribution in [0.15, 0.2) is 48.5 Å². The minimum Gasteiger partial charge on any atom is -0.349 e. The minimum atomic E-state index is -0.341. The number of rotatable bonds is 5. The predicted molar refractivity (Wildman–Crippen MR) is 85.2 cm³/mol. The minimum absolute atomic E-state index is 0.0171. The van der Waals surface area contributed by atoms with Crippen molar-refractivity contribution in [3.63, 3.8) is 0 Å². The fraction of sp³-hybridized carbons (Fsp3) is 0.278. The van der Waals surface area contributed by atoms with E-state index in [9.17, 15) is 9.18 Å². The van der Waals surface area contributed by atoms with Gasteiger partial charge >= 0.3 is 0 Å². The number of hydrogen-bond donors (Lipinski definition) is 1. The molecule has 0 radical (unpaired) electrons. The maximum absolute atomic E-state index is 13.6. The average Bonchev–Trinajstić information content (AvgIpc) is 3.33. The van der Waals surface area contributed by atoms with Crippen molar-refractivity contribution in [3.8, 4) is 0 Å². The summed E-state index contributed by atoms with van der Waals surface area (Å²) in [6, 6.07) is 13.9. The molecule has 0 bridgehead atoms. The molecule has 0 heterocycles. The molecular formula is C18H17ClFNO. The zero-order valence-electron chi connectivity index (χ0n) is 12.1. The molecule has 1 aliphatic rings. The Hall–Kier alpha value is -1.87. The summed E-state index contributed by atoms with van der Waals surface area (Å²) in [5, 5.41) is 3.72. The molecule has 0 saturated heterocycles. The fourth-order valence-electron chi connectivity index (χ4n) is 2.61. The Bertz CT molecular complexity index is 667. The van der Waals surface area contributed by atoms with Crippen molar-refractivity contribution < 1.29 is 9.18 Å². The molecule has 1 atom stereocenters. The van der Waals surface area contributed by atoms with Crippen LogP contribution in [0.1, 0.15) is 30.0 Å². The quantitative estimate of drug-likeness (QED) is 0.875. The van der Waals surface area contributed by atoms with Crippen LogP contribution in [0.5, 0.6) is 0 Å². The van der Waals surface area contributed by atoms with Crippen LogP contribution >= 0.6 is 11.6 Å². The molecule has 1 saturated carbocycles. The van der Waals surface area contributed by atoms with E-state index < -0.39 is 0 Å². The number of nitrogens with one attached hydrogen (secondary N) is 1. The van der Waals surface area contributed by atoms with Crippen molar-refractivity contribution in [3.05, 3.63) is 70.5 Å². The lowest BCUT2D eigenvalue weighted by molar-refractivity contribution is -0.121. The number of carbonyl (C=O) groups is 1. The van der Waals surface area contributed by atoms with Gasteiger partial charge in [0, 0.05) is 5.02 Å². The van der Waals surface area contributed by atoms with Gasteiger partial charge in [-0.05, 0) is 48.1 Å². The largest absolute Gasteiger partial charge is 0.349 e. The normalized spacial score (nSPS) is 15.4. The van der Waals surface area contributed by atoms with Gasteiger partial charge in [-0.25, -0.2) is 4.39 Å². The van der Waals surface area contributed by atoms with Crippen molar-refractivity contribution in [1.29, 1.82) is 0 Å². The molecular weight excluding hydrogens is 301 g/mol. The number of benzene rings is 2. The van der Waals surface area contributed by atoms with Crippen LogP contribution in [0.4, 0.5) is 4.39 Å². The van der Waals surface area contributed by atoms with E-state index >= 15 is 0 Å². The average molecular weight is 318 g/mol. The van der Waals surface area contributed by atoms with Crippen LogP contribution < -0.4 is 5.32 Å². The molecule has 114 valence electrons. The van der Waals surface area contributed by atoms with Gasteiger partial charge in [0.1, 0.15) is 5.82 Å². The summed E-state index contributed by atoms with van der Waals surface area (Å²) in [6.07, 6.45) is 2.27. The summed E-state index contributed by atoms with van der Waals surface area (Å²) in [5.41, 5.74) is 1.47. The third-order valence-electron chi connectivity index (χ3n) is 3.95. The van der Waals surface area contributed by atoms with E-state index in [0.29, 0.717) is 16.5 Å². The summed E-state index contributed by atoms with van der Waals surface area (Å²) >= 11 is 5.91. The molecule has 0 aliphatic heterocycles. The van der Waals surface area contributed by atoms with Crippen LogP contribution in [-0.2, 0) is 11.2 Å². The van der Waals surface area contributed by atoms with E-state index in [-0.39, 0.29) is 24.2 Å². The highest BCUT2D eigenvalue weighted by atomic mass is 35.5. The number of carbonyl (C=O) groups excluding carboxylic acids is 1. The van der Waals surface area contributed by atoms with Gasteiger partial charge in [0.25, 0.3) is 0 Å². The monoisotopic (exact) mass is 317 g/mol. The standard InChI is InChI=1S/C18H17ClFNO/c19-15-9-7-13(8-10-15)18(12-5-6-12)21-17(22)11-14-3-1-2-4-16(14)20/h1-4,7-10,12,18H,5-6,11H2,(H,21,22). The van der Waals surface area contributed by atoms with Crippen LogP contribution in [0.3, 0.4) is 0 Å². The molecule has 3 rings (SSSR count). The Labute approximate surface area is 134 Å². The van der Waals surface area contributed by atoms with Crippen molar-refractivity contribution >= 4 is 17.5 Å². The number of halogens is 2. The molecule has 2 aromatic rings. The summed E-state index contributed by atoms with van der Waals surface area (Å²) in [7, 11) is 0. The lowest BCUT2D eigenvalue weighted by atomic mass is 10.0. The van der Waals surface area contributed by atoms with E-state index in [2.05, 4.69) is 5.32 Å². The van der Waals surface area contributed by atoms with Gasteiger partial charge in [-0.3, -0.25) is 4.79 Å². The Balaban J connectivity index is 1.70. The molecule has 1 N–H and O–H groups in total. The van der Waals surface area contributed by atoms with Gasteiger partial charge < -0.3 is 5.32 Å². The smallest absolute Gasteiger partial charge is 0.225 e. The molecule has 22 heavy (non-hydrogen) atoms. The zero-order chi connectivity index (χ0) is 15.5. The van der Waals surface area contributed by atoms with Crippen molar-refractivity contribution in [1.82, 2.24) is 5.32 Å². The zero-order valence-corrected chi connectivity index (χ0v) is 12.8. The molecule has 0 spiro atoms. The highest BCUT2D eigenvalue weighted by Gasteiger charge is 2.33. The summed E-state index contributed by atoms with van der Waals surface area (Å²) in [6.45, 7) is 0. The van der Waals surface area contributed by atoms with Gasteiger partial charge in [-0.15, -0.1) is 0 Å². The van der Waals surface area contributed by atoms with Gasteiger partial charge in [-0.2, -0.15) is 0 Å². The fourth-order valence-corrected chi connectivity index (χ4v) is 2.74. The van der Waals surface area contributed by atoms with Crippen LogP contribution in [0.2, 0.25) is 5.02 Å². The van der Waals surface area contributed by atoms with E-state index in [1.165, 1.54) is 6.07 Å². The predicted octanol–water partition coefficient (Wildman–Crippen LogP) is 4.29. The summed E-state index contributed by atoms with van der Waals surface area (Å²) < 4.78 is 13.6. The van der Waals surface area contributed by atoms with Crippen molar-refractivity contribution in [2.45, 2.75) is 25.3 Å². The Morgan fingerprint density at radius 2 is 1.86 bits per heavy atom. The third-order valence-corrected chi connectivity index (χ3v) is 4.20. The first-order valence-corrected chi connectivity index (χ1v) is 7.79. The lowest BCUT2D eigenvalue weighted by Gasteiger charge is -2.19. The second kappa shape index (κ2) is 6.49. The first-order valence-electron chi connectivity index (χ1n) is 7.42. The molecule has 1 unspecified atom stereocenters. The second-order valence-corrected chi connectivity index (χ2v) is 6.14. The van der Waals surface area contributed by atoms with E-state index in [1.807, 2.05) is 24.3 Å². The molecule has 0 aromatic heterocycles. The first-order chi connectivity index (χ1) is 10.6. The number of hydrogen-bond acceptors (Lipinski definition) is 1. The summed E-state index contributed by atoms with van der Waals surface area (Å²) in [4.78, 5) is 12.2. The van der Waals surface area contributed by atoms with E-state index in [0.717, 1.165) is 18.4 Å². The summed E-state index contributed by atoms with van der Waals surface area (Å²) in [5.74, 6) is -0.0326. The first kappa shape index (κ1) is 15.0. The molecule has 1 amide bonds. The molecule has 1 fully saturated rings. The maximum Gasteiger partial charge on any atom is 0.225 e. The van der Waals surface area contributed by atoms with E-state index in [1.54, 1.807) is 18.2 Å². The lowest BCUT2D eigenvalue weighted by Crippen LogP contribution is -2.31. The van der Waals surface area contributed by atoms with Gasteiger partial charge in [-0.1, -0.05) is 41.9 Å². The Morgan fingerprint density at radius 3 is 2.50 bits per heavy atom.